The Kier molecular flexibility index (Phi) is 10.2. The Labute approximate surface area is 237 Å². The predicted molar refractivity (Wildman–Crippen MR) is 147 cm³/mol. The van der Waals surface area contributed by atoms with E-state index in [1.807, 2.05) is 30.3 Å². The Morgan fingerprint density at radius 1 is 0.902 bits per heavy atom. The van der Waals surface area contributed by atoms with Crippen molar-refractivity contribution < 1.29 is 49.0 Å². The third-order valence-electron chi connectivity index (χ3n) is 6.51. The maximum Gasteiger partial charge on any atom is 0.513 e. The van der Waals surface area contributed by atoms with E-state index in [-0.39, 0.29) is 35.8 Å². The monoisotopic (exact) mass is 564 g/mol. The Hall–Kier alpha value is -4.06. The van der Waals surface area contributed by atoms with Crippen LogP contribution in [0.2, 0.25) is 0 Å². The summed E-state index contributed by atoms with van der Waals surface area (Å²) in [4.78, 5) is 25.2. The summed E-state index contributed by atoms with van der Waals surface area (Å²) in [7, 11) is 0. The second kappa shape index (κ2) is 14.0. The van der Waals surface area contributed by atoms with Crippen LogP contribution < -0.4 is 9.47 Å². The van der Waals surface area contributed by atoms with Crippen molar-refractivity contribution in [2.75, 3.05) is 13.2 Å². The highest BCUT2D eigenvalue weighted by Crippen LogP contribution is 2.37. The van der Waals surface area contributed by atoms with Gasteiger partial charge in [0.15, 0.2) is 5.78 Å². The molecule has 0 bridgehead atoms. The van der Waals surface area contributed by atoms with Gasteiger partial charge in [-0.2, -0.15) is 0 Å². The zero-order chi connectivity index (χ0) is 29.4. The first-order valence-corrected chi connectivity index (χ1v) is 13.1. The highest BCUT2D eigenvalue weighted by Gasteiger charge is 2.45. The number of allylic oxidation sites excluding steroid dienone is 1. The Bertz CT molecular complexity index is 1340. The number of ether oxygens (including phenoxy) is 4. The fraction of sp³-hybridized carbons (Fsp3) is 0.290. The van der Waals surface area contributed by atoms with Crippen LogP contribution in [0.4, 0.5) is 4.79 Å². The van der Waals surface area contributed by atoms with Crippen molar-refractivity contribution >= 4 is 18.0 Å². The van der Waals surface area contributed by atoms with E-state index >= 15 is 0 Å². The summed E-state index contributed by atoms with van der Waals surface area (Å²) >= 11 is 0. The first-order valence-electron chi connectivity index (χ1n) is 13.1. The molecule has 0 amide bonds. The molecule has 5 atom stereocenters. The van der Waals surface area contributed by atoms with Crippen LogP contribution in [-0.4, -0.2) is 70.0 Å². The number of hydrogen-bond acceptors (Lipinski definition) is 10. The van der Waals surface area contributed by atoms with Crippen LogP contribution in [0.5, 0.6) is 11.5 Å². The summed E-state index contributed by atoms with van der Waals surface area (Å²) in [6.07, 6.45) is -5.08. The second-order valence-electron chi connectivity index (χ2n) is 9.30. The van der Waals surface area contributed by atoms with E-state index in [4.69, 9.17) is 18.9 Å². The van der Waals surface area contributed by atoms with E-state index in [1.54, 1.807) is 55.5 Å². The van der Waals surface area contributed by atoms with Crippen molar-refractivity contribution in [2.45, 2.75) is 44.1 Å². The molecule has 10 heteroatoms. The summed E-state index contributed by atoms with van der Waals surface area (Å²) < 4.78 is 21.6. The number of hydrogen-bond donors (Lipinski definition) is 4. The van der Waals surface area contributed by atoms with Crippen molar-refractivity contribution in [3.8, 4) is 11.5 Å². The highest BCUT2D eigenvalue weighted by atomic mass is 16.7. The van der Waals surface area contributed by atoms with Gasteiger partial charge >= 0.3 is 6.16 Å². The fourth-order valence-corrected chi connectivity index (χ4v) is 4.41. The minimum Gasteiger partial charge on any atom is -0.488 e. The smallest absolute Gasteiger partial charge is 0.488 e. The van der Waals surface area contributed by atoms with E-state index in [2.05, 4.69) is 0 Å². The Balaban J connectivity index is 1.64. The summed E-state index contributed by atoms with van der Waals surface area (Å²) in [5.74, 6) is 0.0140. The molecule has 1 heterocycles. The van der Waals surface area contributed by atoms with E-state index < -0.39 is 49.1 Å². The molecule has 3 aromatic rings. The Morgan fingerprint density at radius 3 is 2.32 bits per heavy atom. The van der Waals surface area contributed by atoms with Gasteiger partial charge in [-0.1, -0.05) is 60.7 Å². The van der Waals surface area contributed by atoms with Crippen LogP contribution in [0.15, 0.2) is 78.9 Å². The van der Waals surface area contributed by atoms with Crippen molar-refractivity contribution in [3.63, 3.8) is 0 Å². The third kappa shape index (κ3) is 7.37. The maximum atomic E-state index is 13.7. The van der Waals surface area contributed by atoms with Crippen molar-refractivity contribution in [1.82, 2.24) is 0 Å². The molecule has 41 heavy (non-hydrogen) atoms. The van der Waals surface area contributed by atoms with E-state index in [1.165, 1.54) is 6.08 Å². The van der Waals surface area contributed by atoms with Gasteiger partial charge in [0.25, 0.3) is 0 Å². The number of carbonyl (C=O) groups is 2. The van der Waals surface area contributed by atoms with Crippen LogP contribution in [0.3, 0.4) is 0 Å². The molecule has 0 saturated carbocycles. The zero-order valence-electron chi connectivity index (χ0n) is 22.3. The molecule has 0 spiro atoms. The van der Waals surface area contributed by atoms with E-state index in [0.29, 0.717) is 5.56 Å². The topological polar surface area (TPSA) is 152 Å². The summed E-state index contributed by atoms with van der Waals surface area (Å²) in [5.41, 5.74) is 1.81. The summed E-state index contributed by atoms with van der Waals surface area (Å²) in [6.45, 7) is 1.40. The van der Waals surface area contributed by atoms with Crippen LogP contribution in [-0.2, 0) is 16.1 Å². The first kappa shape index (κ1) is 29.9. The van der Waals surface area contributed by atoms with Gasteiger partial charge in [0.05, 0.1) is 18.8 Å². The molecular weight excluding hydrogens is 532 g/mol. The van der Waals surface area contributed by atoms with Crippen molar-refractivity contribution in [3.05, 3.63) is 101 Å². The molecule has 0 radical (unpaired) electrons. The van der Waals surface area contributed by atoms with Gasteiger partial charge in [-0.05, 0) is 47.9 Å². The molecule has 3 aromatic carbocycles. The minimum atomic E-state index is -1.62. The summed E-state index contributed by atoms with van der Waals surface area (Å²) in [5, 5.41) is 41.1. The number of ketones is 1. The van der Waals surface area contributed by atoms with Gasteiger partial charge in [-0.25, -0.2) is 4.79 Å². The fourth-order valence-electron chi connectivity index (χ4n) is 4.41. The van der Waals surface area contributed by atoms with Gasteiger partial charge in [0, 0.05) is 0 Å². The molecule has 1 fully saturated rings. The molecule has 4 rings (SSSR count). The molecular formula is C31H32O10. The van der Waals surface area contributed by atoms with Crippen LogP contribution in [0.25, 0.3) is 6.08 Å². The van der Waals surface area contributed by atoms with Gasteiger partial charge in [-0.3, -0.25) is 4.79 Å². The molecule has 1 aliphatic rings. The molecule has 0 aliphatic carbocycles. The second-order valence-corrected chi connectivity index (χ2v) is 9.30. The van der Waals surface area contributed by atoms with Crippen LogP contribution >= 0.6 is 0 Å². The lowest BCUT2D eigenvalue weighted by molar-refractivity contribution is -0.231. The quantitative estimate of drug-likeness (QED) is 0.125. The zero-order valence-corrected chi connectivity index (χ0v) is 22.3. The third-order valence-corrected chi connectivity index (χ3v) is 6.51. The lowest BCUT2D eigenvalue weighted by Gasteiger charge is -2.40. The first-order chi connectivity index (χ1) is 19.8. The number of benzene rings is 3. The SMILES string of the molecule is CCOC(=O)Oc1ccc(/C=C\C(=O)c2c(OCc3ccccc3)cccc2[C@@H]2O[C@H](CO)[C@@H](O)[C@H](O)[C@H]2O)cc1. The number of aliphatic hydroxyl groups is 4. The van der Waals surface area contributed by atoms with Gasteiger partial charge in [-0.15, -0.1) is 0 Å². The van der Waals surface area contributed by atoms with E-state index in [0.717, 1.165) is 5.56 Å². The van der Waals surface area contributed by atoms with E-state index in [9.17, 15) is 30.0 Å². The molecule has 216 valence electrons. The molecule has 4 N–H and O–H groups in total. The van der Waals surface area contributed by atoms with Gasteiger partial charge < -0.3 is 39.4 Å². The van der Waals surface area contributed by atoms with Gasteiger partial charge in [0.1, 0.15) is 48.6 Å². The maximum absolute atomic E-state index is 13.7. The van der Waals surface area contributed by atoms with Crippen LogP contribution in [0.1, 0.15) is 40.1 Å². The highest BCUT2D eigenvalue weighted by molar-refractivity contribution is 6.09. The average Bonchev–Trinajstić information content (AvgIpc) is 2.99. The van der Waals surface area contributed by atoms with Crippen molar-refractivity contribution in [1.29, 1.82) is 0 Å². The number of aliphatic hydroxyl groups excluding tert-OH is 4. The molecule has 10 nitrogen and oxygen atoms in total. The van der Waals surface area contributed by atoms with Gasteiger partial charge in [0.2, 0.25) is 0 Å². The lowest BCUT2D eigenvalue weighted by atomic mass is 9.87. The van der Waals surface area contributed by atoms with Crippen LogP contribution in [0, 0.1) is 0 Å². The lowest BCUT2D eigenvalue weighted by Crippen LogP contribution is -2.55. The molecule has 1 saturated heterocycles. The minimum absolute atomic E-state index is 0.0891. The predicted octanol–water partition coefficient (Wildman–Crippen LogP) is 3.21. The molecule has 0 unspecified atom stereocenters. The Morgan fingerprint density at radius 2 is 1.63 bits per heavy atom. The number of carbonyl (C=O) groups excluding carboxylic acids is 2. The summed E-state index contributed by atoms with van der Waals surface area (Å²) in [6, 6.07) is 20.5. The normalized spacial score (nSPS) is 22.3. The molecule has 0 aromatic heterocycles. The largest absolute Gasteiger partial charge is 0.513 e. The number of rotatable bonds is 10. The van der Waals surface area contributed by atoms with Crippen molar-refractivity contribution in [2.24, 2.45) is 0 Å². The standard InChI is InChI=1S/C31H32O10/c1-2-38-31(37)40-21-14-11-19(12-15-21)13-16-23(33)26-22(30-29(36)28(35)27(34)25(17-32)41-30)9-6-10-24(26)39-18-20-7-4-3-5-8-20/h3-16,25,27-30,32,34-36H,2,17-18H2,1H3/b16-13-/t25-,27-,28+,29-,30+/m1/s1. The molecule has 1 aliphatic heterocycles. The average molecular weight is 565 g/mol.